The Kier molecular flexibility index (Phi) is 6.23. The highest BCUT2D eigenvalue weighted by molar-refractivity contribution is 6.05. The second-order valence-corrected chi connectivity index (χ2v) is 7.25. The molecule has 1 aliphatic carbocycles. The lowest BCUT2D eigenvalue weighted by Gasteiger charge is -2.19. The zero-order chi connectivity index (χ0) is 22.0. The predicted molar refractivity (Wildman–Crippen MR) is 99.3 cm³/mol. The first-order valence-corrected chi connectivity index (χ1v) is 9.38. The van der Waals surface area contributed by atoms with Gasteiger partial charge in [-0.15, -0.1) is 0 Å². The third kappa shape index (κ3) is 4.22. The second-order valence-electron chi connectivity index (χ2n) is 7.25. The first-order valence-electron chi connectivity index (χ1n) is 9.38. The van der Waals surface area contributed by atoms with Gasteiger partial charge in [-0.1, -0.05) is 12.2 Å². The van der Waals surface area contributed by atoms with Gasteiger partial charge in [0.25, 0.3) is 0 Å². The normalized spacial score (nSPS) is 20.3. The van der Waals surface area contributed by atoms with Crippen LogP contribution in [0.5, 0.6) is 0 Å². The van der Waals surface area contributed by atoms with Crippen molar-refractivity contribution in [2.75, 3.05) is 25.5 Å². The monoisotopic (exact) mass is 423 g/mol. The van der Waals surface area contributed by atoms with Crippen LogP contribution >= 0.6 is 0 Å². The van der Waals surface area contributed by atoms with Gasteiger partial charge in [-0.25, -0.2) is 13.2 Å². The van der Waals surface area contributed by atoms with Crippen LogP contribution in [-0.2, 0) is 19.2 Å². The van der Waals surface area contributed by atoms with Crippen molar-refractivity contribution in [3.8, 4) is 0 Å². The maximum absolute atomic E-state index is 13.6. The van der Waals surface area contributed by atoms with Gasteiger partial charge in [-0.3, -0.25) is 24.1 Å². The Morgan fingerprint density at radius 1 is 1.07 bits per heavy atom. The molecular formula is C20H20F3N3O4. The number of hydrogen-bond acceptors (Lipinski definition) is 4. The Bertz CT molecular complexity index is 908. The number of benzene rings is 1. The van der Waals surface area contributed by atoms with Crippen molar-refractivity contribution in [2.45, 2.75) is 19.3 Å². The van der Waals surface area contributed by atoms with Crippen molar-refractivity contribution < 1.29 is 32.3 Å². The zero-order valence-electron chi connectivity index (χ0n) is 16.2. The lowest BCUT2D eigenvalue weighted by molar-refractivity contribution is -0.141. The number of anilines is 1. The van der Waals surface area contributed by atoms with E-state index >= 15 is 0 Å². The molecule has 3 rings (SSSR count). The molecule has 1 aromatic rings. The van der Waals surface area contributed by atoms with Crippen molar-refractivity contribution in [2.24, 2.45) is 11.8 Å². The number of hydrogen-bond donors (Lipinski definition) is 1. The minimum atomic E-state index is -1.71. The summed E-state index contributed by atoms with van der Waals surface area (Å²) in [5, 5.41) is 2.07. The Hall–Kier alpha value is -3.17. The molecule has 0 saturated carbocycles. The third-order valence-electron chi connectivity index (χ3n) is 5.26. The summed E-state index contributed by atoms with van der Waals surface area (Å²) in [6.45, 7) is -0.568. The number of fused-ring (bicyclic) bond motifs is 1. The van der Waals surface area contributed by atoms with E-state index in [1.54, 1.807) is 0 Å². The maximum atomic E-state index is 13.6. The number of nitrogens with one attached hydrogen (secondary N) is 1. The largest absolute Gasteiger partial charge is 0.336 e. The molecule has 0 bridgehead atoms. The number of rotatable bonds is 6. The van der Waals surface area contributed by atoms with Crippen LogP contribution < -0.4 is 5.32 Å². The van der Waals surface area contributed by atoms with Crippen LogP contribution in [0, 0.1) is 29.3 Å². The molecule has 4 amide bonds. The molecule has 1 aliphatic heterocycles. The number of halogens is 3. The molecule has 30 heavy (non-hydrogen) atoms. The summed E-state index contributed by atoms with van der Waals surface area (Å²) in [7, 11) is 1.32. The van der Waals surface area contributed by atoms with Crippen LogP contribution in [0.25, 0.3) is 0 Å². The predicted octanol–water partition coefficient (Wildman–Crippen LogP) is 1.84. The van der Waals surface area contributed by atoms with Crippen molar-refractivity contribution in [1.29, 1.82) is 0 Å². The zero-order valence-corrected chi connectivity index (χ0v) is 16.2. The average molecular weight is 423 g/mol. The van der Waals surface area contributed by atoms with E-state index in [9.17, 15) is 32.3 Å². The molecule has 2 atom stereocenters. The van der Waals surface area contributed by atoms with E-state index in [1.807, 2.05) is 12.2 Å². The maximum Gasteiger partial charge on any atom is 0.244 e. The van der Waals surface area contributed by atoms with Gasteiger partial charge >= 0.3 is 0 Å². The highest BCUT2D eigenvalue weighted by atomic mass is 19.2. The molecule has 2 aliphatic rings. The Morgan fingerprint density at radius 2 is 1.67 bits per heavy atom. The number of likely N-dealkylation sites (tertiary alicyclic amines) is 1. The van der Waals surface area contributed by atoms with Gasteiger partial charge < -0.3 is 10.2 Å². The van der Waals surface area contributed by atoms with Gasteiger partial charge in [-0.2, -0.15) is 0 Å². The van der Waals surface area contributed by atoms with Crippen molar-refractivity contribution >= 4 is 29.3 Å². The quantitative estimate of drug-likeness (QED) is 0.430. The molecular weight excluding hydrogens is 403 g/mol. The van der Waals surface area contributed by atoms with E-state index in [0.29, 0.717) is 18.9 Å². The summed E-state index contributed by atoms with van der Waals surface area (Å²) in [5.41, 5.74) is -0.552. The summed E-state index contributed by atoms with van der Waals surface area (Å²) < 4.78 is 39.8. The van der Waals surface area contributed by atoms with Crippen LogP contribution in [0.4, 0.5) is 18.9 Å². The van der Waals surface area contributed by atoms with Crippen molar-refractivity contribution in [1.82, 2.24) is 9.80 Å². The molecule has 1 saturated heterocycles. The van der Waals surface area contributed by atoms with Crippen LogP contribution in [0.3, 0.4) is 0 Å². The van der Waals surface area contributed by atoms with Crippen LogP contribution in [0.2, 0.25) is 0 Å². The minimum absolute atomic E-state index is 0.0900. The molecule has 10 heteroatoms. The third-order valence-corrected chi connectivity index (χ3v) is 5.26. The standard InChI is InChI=1S/C20H20F3N3O4/c1-25(10-15(27)24-14-7-6-13(21)17(22)18(14)23)16(28)8-9-26-19(29)11-4-2-3-5-12(11)20(26)30/h2-3,6-7,11-12H,4-5,8-10H2,1H3,(H,24,27)/t11-,12-/m1/s1. The fraction of sp³-hybridized carbons (Fsp3) is 0.400. The number of likely N-dealkylation sites (N-methyl/N-ethyl adjacent to an activating group) is 1. The number of imide groups is 1. The van der Waals surface area contributed by atoms with Gasteiger partial charge in [0.05, 0.1) is 24.1 Å². The Labute approximate surface area is 170 Å². The fourth-order valence-electron chi connectivity index (χ4n) is 3.60. The summed E-state index contributed by atoms with van der Waals surface area (Å²) in [4.78, 5) is 51.2. The van der Waals surface area contributed by atoms with E-state index in [0.717, 1.165) is 15.9 Å². The van der Waals surface area contributed by atoms with Crippen molar-refractivity contribution in [3.05, 3.63) is 41.7 Å². The Balaban J connectivity index is 1.51. The van der Waals surface area contributed by atoms with E-state index in [1.165, 1.54) is 7.05 Å². The van der Waals surface area contributed by atoms with E-state index in [2.05, 4.69) is 5.32 Å². The van der Waals surface area contributed by atoms with Crippen molar-refractivity contribution in [3.63, 3.8) is 0 Å². The van der Waals surface area contributed by atoms with E-state index in [4.69, 9.17) is 0 Å². The first-order chi connectivity index (χ1) is 14.2. The highest BCUT2D eigenvalue weighted by Crippen LogP contribution is 2.35. The summed E-state index contributed by atoms with van der Waals surface area (Å²) in [6.07, 6.45) is 4.56. The fourth-order valence-corrected chi connectivity index (χ4v) is 3.60. The topological polar surface area (TPSA) is 86.8 Å². The molecule has 1 N–H and O–H groups in total. The minimum Gasteiger partial charge on any atom is -0.336 e. The van der Waals surface area contributed by atoms with Gasteiger partial charge in [0, 0.05) is 20.0 Å². The highest BCUT2D eigenvalue weighted by Gasteiger charge is 2.46. The number of amides is 4. The molecule has 160 valence electrons. The van der Waals surface area contributed by atoms with Gasteiger partial charge in [0.15, 0.2) is 17.5 Å². The number of carbonyl (C=O) groups is 4. The SMILES string of the molecule is CN(CC(=O)Nc1ccc(F)c(F)c1F)C(=O)CCN1C(=O)[C@@H]2CC=CC[C@H]2C1=O. The molecule has 0 spiro atoms. The lowest BCUT2D eigenvalue weighted by Crippen LogP contribution is -2.38. The lowest BCUT2D eigenvalue weighted by atomic mass is 9.85. The molecule has 1 heterocycles. The average Bonchev–Trinajstić information content (AvgIpc) is 2.97. The molecule has 1 fully saturated rings. The summed E-state index contributed by atoms with van der Waals surface area (Å²) >= 11 is 0. The summed E-state index contributed by atoms with van der Waals surface area (Å²) in [6, 6.07) is 1.53. The summed E-state index contributed by atoms with van der Waals surface area (Å²) in [5.74, 6) is -7.33. The van der Waals surface area contributed by atoms with E-state index in [-0.39, 0.29) is 36.6 Å². The van der Waals surface area contributed by atoms with Crippen LogP contribution in [0.1, 0.15) is 19.3 Å². The number of allylic oxidation sites excluding steroid dienone is 2. The van der Waals surface area contributed by atoms with Crippen LogP contribution in [-0.4, -0.2) is 53.6 Å². The van der Waals surface area contributed by atoms with Gasteiger partial charge in [-0.05, 0) is 25.0 Å². The molecule has 0 unspecified atom stereocenters. The number of carbonyl (C=O) groups excluding carboxylic acids is 4. The molecule has 7 nitrogen and oxygen atoms in total. The van der Waals surface area contributed by atoms with Gasteiger partial charge in [0.2, 0.25) is 23.6 Å². The number of nitrogens with zero attached hydrogens (tertiary/aromatic N) is 2. The molecule has 0 aromatic heterocycles. The Morgan fingerprint density at radius 3 is 2.27 bits per heavy atom. The van der Waals surface area contributed by atoms with E-state index < -0.39 is 41.5 Å². The first kappa shape index (κ1) is 21.5. The second kappa shape index (κ2) is 8.68. The smallest absolute Gasteiger partial charge is 0.244 e. The van der Waals surface area contributed by atoms with Gasteiger partial charge in [0.1, 0.15) is 0 Å². The molecule has 0 radical (unpaired) electrons. The molecule has 1 aromatic carbocycles. The van der Waals surface area contributed by atoms with Crippen LogP contribution in [0.15, 0.2) is 24.3 Å².